The number of carbonyl (C=O) groups is 2. The summed E-state index contributed by atoms with van der Waals surface area (Å²) in [5.74, 6) is -0.943. The number of methoxy groups -OCH3 is 2. The van der Waals surface area contributed by atoms with E-state index in [2.05, 4.69) is 23.6 Å². The summed E-state index contributed by atoms with van der Waals surface area (Å²) in [5, 5.41) is 18.8. The molecule has 0 heterocycles. The molecule has 0 saturated carbocycles. The van der Waals surface area contributed by atoms with Crippen LogP contribution in [0.3, 0.4) is 0 Å². The molecule has 2 aromatic rings. The Balaban J connectivity index is 2.26. The third-order valence-electron chi connectivity index (χ3n) is 6.23. The molecule has 0 aliphatic heterocycles. The molecule has 35 heavy (non-hydrogen) atoms. The lowest BCUT2D eigenvalue weighted by atomic mass is 9.80. The van der Waals surface area contributed by atoms with E-state index in [1.807, 2.05) is 36.4 Å². The van der Waals surface area contributed by atoms with Gasteiger partial charge in [0.1, 0.15) is 16.9 Å². The van der Waals surface area contributed by atoms with Gasteiger partial charge in [-0.3, -0.25) is 9.59 Å². The predicted octanol–water partition coefficient (Wildman–Crippen LogP) is 1.36. The van der Waals surface area contributed by atoms with Crippen LogP contribution in [0.1, 0.15) is 22.3 Å². The lowest BCUT2D eigenvalue weighted by Gasteiger charge is -2.24. The van der Waals surface area contributed by atoms with E-state index in [9.17, 15) is 19.8 Å². The van der Waals surface area contributed by atoms with Crippen LogP contribution in [0.2, 0.25) is 0 Å². The van der Waals surface area contributed by atoms with Gasteiger partial charge in [0.15, 0.2) is 0 Å². The van der Waals surface area contributed by atoms with Gasteiger partial charge in [0.2, 0.25) is 0 Å². The minimum atomic E-state index is -0.962. The predicted molar refractivity (Wildman–Crippen MR) is 131 cm³/mol. The van der Waals surface area contributed by atoms with Gasteiger partial charge in [0, 0.05) is 11.1 Å². The second-order valence-corrected chi connectivity index (χ2v) is 8.42. The van der Waals surface area contributed by atoms with Crippen LogP contribution < -0.4 is 20.9 Å². The zero-order valence-corrected chi connectivity index (χ0v) is 20.0. The molecule has 8 heteroatoms. The van der Waals surface area contributed by atoms with Crippen molar-refractivity contribution in [1.82, 2.24) is 0 Å². The maximum atomic E-state index is 11.5. The maximum Gasteiger partial charge on any atom is 0.307 e. The van der Waals surface area contributed by atoms with Gasteiger partial charge in [-0.05, 0) is 46.5 Å². The number of allylic oxidation sites excluding steroid dienone is 3. The fourth-order valence-electron chi connectivity index (χ4n) is 4.22. The molecule has 1 aliphatic carbocycles. The Morgan fingerprint density at radius 1 is 0.800 bits per heavy atom. The lowest BCUT2D eigenvalue weighted by Crippen LogP contribution is -2.66. The van der Waals surface area contributed by atoms with E-state index < -0.39 is 11.9 Å². The van der Waals surface area contributed by atoms with Crippen molar-refractivity contribution in [1.29, 1.82) is 0 Å². The number of ether oxygens (including phenoxy) is 2. The SMILES string of the molecule is COc1ccc(C(=C2C=CC(C[NH3+])(C[NH3+])C=C2)c2ccc(OC)c(CC(=O)O)c2)cc1CC(=O)O. The summed E-state index contributed by atoms with van der Waals surface area (Å²) in [5.41, 5.74) is 12.3. The number of hydrogen-bond acceptors (Lipinski definition) is 4. The fraction of sp³-hybridized carbons (Fsp3) is 0.259. The number of rotatable bonds is 10. The smallest absolute Gasteiger partial charge is 0.307 e. The van der Waals surface area contributed by atoms with Crippen molar-refractivity contribution in [3.8, 4) is 11.5 Å². The molecule has 0 spiro atoms. The average Bonchev–Trinajstić information content (AvgIpc) is 2.84. The molecule has 0 aromatic heterocycles. The van der Waals surface area contributed by atoms with Crippen LogP contribution in [0.15, 0.2) is 66.3 Å². The van der Waals surface area contributed by atoms with Crippen LogP contribution in [-0.4, -0.2) is 49.5 Å². The number of carboxylic acids is 2. The molecule has 8 nitrogen and oxygen atoms in total. The summed E-state index contributed by atoms with van der Waals surface area (Å²) in [6.07, 6.45) is 7.84. The van der Waals surface area contributed by atoms with Gasteiger partial charge >= 0.3 is 11.9 Å². The third-order valence-corrected chi connectivity index (χ3v) is 6.23. The Hall–Kier alpha value is -3.88. The van der Waals surface area contributed by atoms with Crippen LogP contribution in [0, 0.1) is 5.41 Å². The van der Waals surface area contributed by atoms with Gasteiger partial charge in [0.05, 0.1) is 40.2 Å². The molecule has 0 bridgehead atoms. The third kappa shape index (κ3) is 5.79. The highest BCUT2D eigenvalue weighted by Crippen LogP contribution is 2.36. The summed E-state index contributed by atoms with van der Waals surface area (Å²) < 4.78 is 10.8. The Bertz CT molecular complexity index is 1120. The largest absolute Gasteiger partial charge is 0.496 e. The van der Waals surface area contributed by atoms with Crippen LogP contribution in [0.4, 0.5) is 0 Å². The first-order chi connectivity index (χ1) is 16.8. The Labute approximate surface area is 204 Å². The second-order valence-electron chi connectivity index (χ2n) is 8.42. The average molecular weight is 481 g/mol. The van der Waals surface area contributed by atoms with Gasteiger partial charge in [-0.2, -0.15) is 0 Å². The van der Waals surface area contributed by atoms with Gasteiger partial charge < -0.3 is 31.2 Å². The highest BCUT2D eigenvalue weighted by molar-refractivity contribution is 5.87. The number of hydrogen-bond donors (Lipinski definition) is 4. The summed E-state index contributed by atoms with van der Waals surface area (Å²) in [6.45, 7) is 1.34. The van der Waals surface area contributed by atoms with E-state index in [1.54, 1.807) is 12.1 Å². The first-order valence-electron chi connectivity index (χ1n) is 11.2. The molecule has 184 valence electrons. The number of benzene rings is 2. The summed E-state index contributed by atoms with van der Waals surface area (Å²) in [4.78, 5) is 22.9. The Morgan fingerprint density at radius 2 is 1.23 bits per heavy atom. The number of aliphatic carboxylic acids is 2. The molecule has 0 unspecified atom stereocenters. The van der Waals surface area contributed by atoms with E-state index in [0.717, 1.165) is 22.3 Å². The minimum absolute atomic E-state index is 0.190. The van der Waals surface area contributed by atoms with Gasteiger partial charge in [-0.1, -0.05) is 36.4 Å². The van der Waals surface area contributed by atoms with E-state index in [1.165, 1.54) is 14.2 Å². The minimum Gasteiger partial charge on any atom is -0.496 e. The quantitative estimate of drug-likeness (QED) is 0.403. The highest BCUT2D eigenvalue weighted by Gasteiger charge is 2.28. The van der Waals surface area contributed by atoms with E-state index in [-0.39, 0.29) is 18.3 Å². The van der Waals surface area contributed by atoms with Crippen molar-refractivity contribution in [3.63, 3.8) is 0 Å². The van der Waals surface area contributed by atoms with Crippen LogP contribution in [0.25, 0.3) is 5.57 Å². The van der Waals surface area contributed by atoms with Crippen molar-refractivity contribution < 1.29 is 40.7 Å². The second kappa shape index (κ2) is 11.0. The molecule has 0 fully saturated rings. The number of quaternary nitrogens is 2. The first-order valence-corrected chi connectivity index (χ1v) is 11.2. The standard InChI is InChI=1S/C27H30N2O6/c1-34-22-5-3-18(11-20(22)13-24(30)31)26(17-7-9-27(15-28,16-29)10-8-17)19-4-6-23(35-2)21(12-19)14-25(32)33/h3-12H,13-16,28-29H2,1-2H3,(H,30,31)(H,32,33)/p+2. The van der Waals surface area contributed by atoms with Crippen LogP contribution in [0.5, 0.6) is 11.5 Å². The van der Waals surface area contributed by atoms with Gasteiger partial charge in [0.25, 0.3) is 0 Å². The zero-order chi connectivity index (χ0) is 25.6. The summed E-state index contributed by atoms with van der Waals surface area (Å²) >= 11 is 0. The van der Waals surface area contributed by atoms with Crippen molar-refractivity contribution >= 4 is 17.5 Å². The van der Waals surface area contributed by atoms with Gasteiger partial charge in [-0.25, -0.2) is 0 Å². The topological polar surface area (TPSA) is 148 Å². The van der Waals surface area contributed by atoms with E-state index in [0.29, 0.717) is 35.7 Å². The zero-order valence-electron chi connectivity index (χ0n) is 20.0. The maximum absolute atomic E-state index is 11.5. The number of carboxylic acid groups (broad SMARTS) is 2. The van der Waals surface area contributed by atoms with Crippen LogP contribution in [-0.2, 0) is 22.4 Å². The molecule has 0 saturated heterocycles. The van der Waals surface area contributed by atoms with Crippen molar-refractivity contribution in [2.24, 2.45) is 5.41 Å². The Kier molecular flexibility index (Phi) is 8.11. The van der Waals surface area contributed by atoms with Crippen LogP contribution >= 0.6 is 0 Å². The molecule has 3 rings (SSSR count). The van der Waals surface area contributed by atoms with Crippen molar-refractivity contribution in [2.45, 2.75) is 12.8 Å². The lowest BCUT2D eigenvalue weighted by molar-refractivity contribution is -0.429. The Morgan fingerprint density at radius 3 is 1.57 bits per heavy atom. The molecular weight excluding hydrogens is 448 g/mol. The highest BCUT2D eigenvalue weighted by atomic mass is 16.5. The fourth-order valence-corrected chi connectivity index (χ4v) is 4.22. The molecule has 0 radical (unpaired) electrons. The van der Waals surface area contributed by atoms with Crippen molar-refractivity contribution in [3.05, 3.63) is 88.5 Å². The molecule has 2 aromatic carbocycles. The molecule has 1 aliphatic rings. The molecular formula is C27H32N2O6+2. The first kappa shape index (κ1) is 25.7. The van der Waals surface area contributed by atoms with E-state index in [4.69, 9.17) is 9.47 Å². The molecule has 8 N–H and O–H groups in total. The molecule has 0 atom stereocenters. The van der Waals surface area contributed by atoms with E-state index >= 15 is 0 Å². The monoisotopic (exact) mass is 480 g/mol. The molecule has 0 amide bonds. The normalized spacial score (nSPS) is 14.0. The van der Waals surface area contributed by atoms with Gasteiger partial charge in [-0.15, -0.1) is 0 Å². The van der Waals surface area contributed by atoms with Crippen molar-refractivity contribution in [2.75, 3.05) is 27.3 Å². The summed E-state index contributed by atoms with van der Waals surface area (Å²) in [6, 6.07) is 10.9. The summed E-state index contributed by atoms with van der Waals surface area (Å²) in [7, 11) is 3.01.